The third-order valence-corrected chi connectivity index (χ3v) is 6.00. The first-order chi connectivity index (χ1) is 12.5. The average molecular weight is 367 g/mol. The minimum Gasteiger partial charge on any atom is -0.397 e. The van der Waals surface area contributed by atoms with Crippen LogP contribution in [0.3, 0.4) is 0 Å². The SMILES string of the molecule is Cc1nnc2sc(C(O)NCc3ccc4c(ccn4C)c3)c(N)c2c1C. The van der Waals surface area contributed by atoms with Gasteiger partial charge in [-0.15, -0.1) is 16.4 Å². The molecule has 0 bridgehead atoms. The van der Waals surface area contributed by atoms with Gasteiger partial charge in [-0.3, -0.25) is 5.32 Å². The molecule has 0 aliphatic carbocycles. The normalized spacial score (nSPS) is 12.9. The van der Waals surface area contributed by atoms with Crippen LogP contribution < -0.4 is 11.1 Å². The Hall–Kier alpha value is -2.48. The van der Waals surface area contributed by atoms with E-state index in [4.69, 9.17) is 5.73 Å². The van der Waals surface area contributed by atoms with Gasteiger partial charge in [-0.05, 0) is 48.6 Å². The highest BCUT2D eigenvalue weighted by atomic mass is 32.1. The summed E-state index contributed by atoms with van der Waals surface area (Å²) in [6.45, 7) is 4.43. The second-order valence-electron chi connectivity index (χ2n) is 6.57. The number of aryl methyl sites for hydroxylation is 3. The van der Waals surface area contributed by atoms with E-state index in [9.17, 15) is 5.11 Å². The van der Waals surface area contributed by atoms with Crippen LogP contribution in [-0.4, -0.2) is 19.9 Å². The largest absolute Gasteiger partial charge is 0.397 e. The number of nitrogens with zero attached hydrogens (tertiary/aromatic N) is 3. The molecule has 1 unspecified atom stereocenters. The average Bonchev–Trinajstić information content (AvgIpc) is 3.17. The molecule has 0 saturated heterocycles. The Labute approximate surface area is 155 Å². The number of nitrogen functional groups attached to an aromatic ring is 1. The molecule has 0 spiro atoms. The number of aliphatic hydroxyl groups is 1. The number of hydrogen-bond acceptors (Lipinski definition) is 6. The minimum absolute atomic E-state index is 0.545. The lowest BCUT2D eigenvalue weighted by molar-refractivity contribution is 0.141. The number of aliphatic hydroxyl groups excluding tert-OH is 1. The molecule has 0 saturated carbocycles. The van der Waals surface area contributed by atoms with Crippen LogP contribution >= 0.6 is 11.3 Å². The van der Waals surface area contributed by atoms with Crippen molar-refractivity contribution in [1.82, 2.24) is 20.1 Å². The van der Waals surface area contributed by atoms with Crippen molar-refractivity contribution in [3.63, 3.8) is 0 Å². The first-order valence-electron chi connectivity index (χ1n) is 8.43. The zero-order valence-corrected chi connectivity index (χ0v) is 15.8. The van der Waals surface area contributed by atoms with Crippen LogP contribution in [0.15, 0.2) is 30.5 Å². The van der Waals surface area contributed by atoms with Crippen LogP contribution in [0.5, 0.6) is 0 Å². The van der Waals surface area contributed by atoms with E-state index in [1.165, 1.54) is 22.2 Å². The van der Waals surface area contributed by atoms with Gasteiger partial charge in [0.05, 0.1) is 16.3 Å². The van der Waals surface area contributed by atoms with Crippen LogP contribution in [0.1, 0.15) is 27.9 Å². The zero-order valence-electron chi connectivity index (χ0n) is 14.9. The number of thiophene rings is 1. The van der Waals surface area contributed by atoms with Crippen LogP contribution in [0.25, 0.3) is 21.1 Å². The molecule has 0 radical (unpaired) electrons. The first-order valence-corrected chi connectivity index (χ1v) is 9.24. The predicted octanol–water partition coefficient (Wildman–Crippen LogP) is 3.16. The quantitative estimate of drug-likeness (QED) is 0.482. The lowest BCUT2D eigenvalue weighted by atomic mass is 10.1. The van der Waals surface area contributed by atoms with Gasteiger partial charge in [0.2, 0.25) is 0 Å². The van der Waals surface area contributed by atoms with Gasteiger partial charge in [-0.25, -0.2) is 0 Å². The molecule has 4 aromatic rings. The number of rotatable bonds is 4. The molecule has 7 heteroatoms. The van der Waals surface area contributed by atoms with Crippen molar-refractivity contribution in [3.8, 4) is 0 Å². The van der Waals surface area contributed by atoms with Gasteiger partial charge in [0.15, 0.2) is 0 Å². The van der Waals surface area contributed by atoms with Gasteiger partial charge in [-0.1, -0.05) is 6.07 Å². The smallest absolute Gasteiger partial charge is 0.148 e. The predicted molar refractivity (Wildman–Crippen MR) is 106 cm³/mol. The van der Waals surface area contributed by atoms with Gasteiger partial charge in [-0.2, -0.15) is 5.10 Å². The maximum atomic E-state index is 10.6. The summed E-state index contributed by atoms with van der Waals surface area (Å²) in [6.07, 6.45) is 1.19. The second-order valence-corrected chi connectivity index (χ2v) is 7.60. The number of fused-ring (bicyclic) bond motifs is 2. The fourth-order valence-electron chi connectivity index (χ4n) is 3.21. The summed E-state index contributed by atoms with van der Waals surface area (Å²) in [5.41, 5.74) is 11.0. The fraction of sp³-hybridized carbons (Fsp3) is 0.263. The molecular formula is C19H21N5OS. The highest BCUT2D eigenvalue weighted by Gasteiger charge is 2.20. The third-order valence-electron chi connectivity index (χ3n) is 4.86. The number of nitrogens with two attached hydrogens (primary N) is 1. The van der Waals surface area contributed by atoms with E-state index in [1.807, 2.05) is 27.1 Å². The topological polar surface area (TPSA) is 89.0 Å². The molecule has 0 amide bonds. The third kappa shape index (κ3) is 2.74. The highest BCUT2D eigenvalue weighted by molar-refractivity contribution is 7.19. The molecule has 4 N–H and O–H groups in total. The number of anilines is 1. The molecule has 3 aromatic heterocycles. The summed E-state index contributed by atoms with van der Waals surface area (Å²) in [5.74, 6) is 0. The fourth-order valence-corrected chi connectivity index (χ4v) is 4.27. The van der Waals surface area contributed by atoms with Crippen LogP contribution in [0, 0.1) is 13.8 Å². The Bertz CT molecular complexity index is 1110. The van der Waals surface area contributed by atoms with Crippen molar-refractivity contribution >= 4 is 38.1 Å². The van der Waals surface area contributed by atoms with Gasteiger partial charge in [0, 0.05) is 30.7 Å². The van der Waals surface area contributed by atoms with Crippen molar-refractivity contribution < 1.29 is 5.11 Å². The van der Waals surface area contributed by atoms with Crippen molar-refractivity contribution in [2.75, 3.05) is 5.73 Å². The number of nitrogens with one attached hydrogen (secondary N) is 1. The van der Waals surface area contributed by atoms with E-state index in [-0.39, 0.29) is 0 Å². The molecule has 4 rings (SSSR count). The van der Waals surface area contributed by atoms with Crippen LogP contribution in [0.4, 0.5) is 5.69 Å². The summed E-state index contributed by atoms with van der Waals surface area (Å²) in [4.78, 5) is 1.44. The Morgan fingerprint density at radius 3 is 2.88 bits per heavy atom. The van der Waals surface area contributed by atoms with E-state index in [0.717, 1.165) is 27.0 Å². The maximum Gasteiger partial charge on any atom is 0.148 e. The van der Waals surface area contributed by atoms with Crippen LogP contribution in [0.2, 0.25) is 0 Å². The van der Waals surface area contributed by atoms with E-state index >= 15 is 0 Å². The summed E-state index contributed by atoms with van der Waals surface area (Å²) in [7, 11) is 2.03. The molecule has 1 aromatic carbocycles. The van der Waals surface area contributed by atoms with Gasteiger partial charge < -0.3 is 15.4 Å². The molecule has 3 heterocycles. The Morgan fingerprint density at radius 2 is 2.08 bits per heavy atom. The van der Waals surface area contributed by atoms with Gasteiger partial charge in [0.25, 0.3) is 0 Å². The van der Waals surface area contributed by atoms with Gasteiger partial charge >= 0.3 is 0 Å². The van der Waals surface area contributed by atoms with Crippen molar-refractivity contribution in [1.29, 1.82) is 0 Å². The molecular weight excluding hydrogens is 346 g/mol. The summed E-state index contributed by atoms with van der Waals surface area (Å²) in [6, 6.07) is 8.37. The molecule has 134 valence electrons. The minimum atomic E-state index is -0.847. The van der Waals surface area contributed by atoms with E-state index in [1.54, 1.807) is 0 Å². The van der Waals surface area contributed by atoms with Crippen molar-refractivity contribution in [3.05, 3.63) is 52.2 Å². The summed E-state index contributed by atoms with van der Waals surface area (Å²) < 4.78 is 2.09. The molecule has 0 aliphatic heterocycles. The summed E-state index contributed by atoms with van der Waals surface area (Å²) >= 11 is 1.38. The van der Waals surface area contributed by atoms with Gasteiger partial charge in [0.1, 0.15) is 11.1 Å². The Kier molecular flexibility index (Phi) is 4.14. The van der Waals surface area contributed by atoms with Crippen molar-refractivity contribution in [2.45, 2.75) is 26.6 Å². The lowest BCUT2D eigenvalue weighted by Gasteiger charge is -2.12. The molecule has 0 fully saturated rings. The van der Waals surface area contributed by atoms with Crippen LogP contribution in [-0.2, 0) is 13.6 Å². The number of hydrogen-bond donors (Lipinski definition) is 3. The number of benzene rings is 1. The lowest BCUT2D eigenvalue weighted by Crippen LogP contribution is -2.20. The highest BCUT2D eigenvalue weighted by Crippen LogP contribution is 2.37. The monoisotopic (exact) mass is 367 g/mol. The van der Waals surface area contributed by atoms with Crippen molar-refractivity contribution in [2.24, 2.45) is 7.05 Å². The Balaban J connectivity index is 1.57. The van der Waals surface area contributed by atoms with E-state index in [2.05, 4.69) is 44.3 Å². The molecule has 6 nitrogen and oxygen atoms in total. The number of aromatic nitrogens is 3. The summed E-state index contributed by atoms with van der Waals surface area (Å²) in [5, 5.41) is 24.2. The van der Waals surface area contributed by atoms with E-state index < -0.39 is 6.23 Å². The first kappa shape index (κ1) is 17.0. The maximum absolute atomic E-state index is 10.6. The second kappa shape index (κ2) is 6.35. The molecule has 1 atom stereocenters. The standard InChI is InChI=1S/C19H21N5OS/c1-10-11(2)22-23-19-15(10)16(20)17(26-19)18(25)21-9-12-4-5-14-13(8-12)6-7-24(14)3/h4-8,18,21,25H,9,20H2,1-3H3. The molecule has 26 heavy (non-hydrogen) atoms. The zero-order chi connectivity index (χ0) is 18.4. The molecule has 0 aliphatic rings. The van der Waals surface area contributed by atoms with E-state index in [0.29, 0.717) is 17.1 Å². The Morgan fingerprint density at radius 1 is 1.27 bits per heavy atom.